The van der Waals surface area contributed by atoms with Crippen LogP contribution >= 0.6 is 15.9 Å². The predicted octanol–water partition coefficient (Wildman–Crippen LogP) is 2.77. The summed E-state index contributed by atoms with van der Waals surface area (Å²) in [5.41, 5.74) is 0.209. The Kier molecular flexibility index (Phi) is 3.21. The zero-order valence-electron chi connectivity index (χ0n) is 10.2. The maximum Gasteiger partial charge on any atom is 0.149 e. The molecule has 16 heavy (non-hydrogen) atoms. The summed E-state index contributed by atoms with van der Waals surface area (Å²) in [6.07, 6.45) is 2.49. The largest absolute Gasteiger partial charge is 0.393 e. The Morgan fingerprint density at radius 2 is 2.06 bits per heavy atom. The first-order chi connectivity index (χ1) is 7.38. The van der Waals surface area contributed by atoms with Crippen LogP contribution in [0.4, 0.5) is 0 Å². The molecule has 0 bridgehead atoms. The van der Waals surface area contributed by atoms with Gasteiger partial charge in [-0.05, 0) is 36.5 Å². The molecule has 6 unspecified atom stereocenters. The Hall–Kier alpha value is 0.110. The Labute approximate surface area is 106 Å². The van der Waals surface area contributed by atoms with E-state index in [4.69, 9.17) is 0 Å². The van der Waals surface area contributed by atoms with E-state index in [9.17, 15) is 9.90 Å². The molecule has 6 atom stereocenters. The van der Waals surface area contributed by atoms with Crippen LogP contribution in [0.15, 0.2) is 0 Å². The van der Waals surface area contributed by atoms with Crippen molar-refractivity contribution in [2.24, 2.45) is 23.2 Å². The van der Waals surface area contributed by atoms with Crippen molar-refractivity contribution in [3.8, 4) is 0 Å². The average Bonchev–Trinajstić information content (AvgIpc) is 2.27. The normalized spacial score (nSPS) is 53.6. The van der Waals surface area contributed by atoms with Gasteiger partial charge in [-0.15, -0.1) is 0 Å². The minimum atomic E-state index is -0.216. The number of aliphatic hydroxyl groups excluding tert-OH is 1. The lowest BCUT2D eigenvalue weighted by atomic mass is 9.52. The summed E-state index contributed by atoms with van der Waals surface area (Å²) in [5.74, 6) is 1.19. The fourth-order valence-corrected chi connectivity index (χ4v) is 4.87. The Balaban J connectivity index is 2.33. The summed E-state index contributed by atoms with van der Waals surface area (Å²) in [7, 11) is 0. The highest BCUT2D eigenvalue weighted by Crippen LogP contribution is 2.55. The standard InChI is InChI=1S/C13H21BrO2/c1-7-8(2)13(3)5-4-9(15)6-10(13)11(14)12(7)16/h7-11,15H,4-6H2,1-3H3. The third-order valence-electron chi connectivity index (χ3n) is 5.25. The lowest BCUT2D eigenvalue weighted by Crippen LogP contribution is -2.55. The van der Waals surface area contributed by atoms with E-state index in [1.165, 1.54) is 0 Å². The van der Waals surface area contributed by atoms with E-state index in [0.717, 1.165) is 19.3 Å². The molecule has 2 aliphatic carbocycles. The minimum Gasteiger partial charge on any atom is -0.393 e. The van der Waals surface area contributed by atoms with Crippen molar-refractivity contribution in [3.05, 3.63) is 0 Å². The van der Waals surface area contributed by atoms with Crippen LogP contribution in [0, 0.1) is 23.2 Å². The van der Waals surface area contributed by atoms with E-state index in [-0.39, 0.29) is 22.3 Å². The van der Waals surface area contributed by atoms with Crippen molar-refractivity contribution >= 4 is 21.7 Å². The first kappa shape index (κ1) is 12.6. The van der Waals surface area contributed by atoms with Gasteiger partial charge in [0.2, 0.25) is 0 Å². The Bertz CT molecular complexity index is 304. The van der Waals surface area contributed by atoms with Crippen molar-refractivity contribution in [1.82, 2.24) is 0 Å². The van der Waals surface area contributed by atoms with E-state index in [1.807, 2.05) is 6.92 Å². The van der Waals surface area contributed by atoms with Gasteiger partial charge in [0, 0.05) is 5.92 Å². The molecule has 2 rings (SSSR count). The molecule has 0 aromatic heterocycles. The molecule has 1 N–H and O–H groups in total. The van der Waals surface area contributed by atoms with Crippen molar-refractivity contribution in [2.45, 2.75) is 51.0 Å². The third-order valence-corrected chi connectivity index (χ3v) is 6.34. The number of aliphatic hydroxyl groups is 1. The van der Waals surface area contributed by atoms with Crippen LogP contribution in [0.1, 0.15) is 40.0 Å². The summed E-state index contributed by atoms with van der Waals surface area (Å²) in [5, 5.41) is 9.79. The molecule has 0 aromatic carbocycles. The van der Waals surface area contributed by atoms with Crippen LogP contribution in [-0.2, 0) is 4.79 Å². The molecular formula is C13H21BrO2. The van der Waals surface area contributed by atoms with Gasteiger partial charge in [0.05, 0.1) is 10.9 Å². The first-order valence-electron chi connectivity index (χ1n) is 6.23. The first-order valence-corrected chi connectivity index (χ1v) is 7.15. The number of rotatable bonds is 0. The summed E-state index contributed by atoms with van der Waals surface area (Å²) in [6, 6.07) is 0. The number of ketones is 1. The number of halogens is 1. The van der Waals surface area contributed by atoms with Gasteiger partial charge in [0.15, 0.2) is 0 Å². The zero-order valence-corrected chi connectivity index (χ0v) is 11.8. The lowest BCUT2D eigenvalue weighted by molar-refractivity contribution is -0.137. The van der Waals surface area contributed by atoms with Crippen molar-refractivity contribution < 1.29 is 9.90 Å². The molecule has 0 amide bonds. The molecule has 2 nitrogen and oxygen atoms in total. The molecule has 92 valence electrons. The molecule has 3 heteroatoms. The number of hydrogen-bond donors (Lipinski definition) is 1. The predicted molar refractivity (Wildman–Crippen MR) is 67.5 cm³/mol. The van der Waals surface area contributed by atoms with E-state index in [1.54, 1.807) is 0 Å². The van der Waals surface area contributed by atoms with Gasteiger partial charge in [-0.3, -0.25) is 4.79 Å². The maximum absolute atomic E-state index is 12.1. The summed E-state index contributed by atoms with van der Waals surface area (Å²) in [4.78, 5) is 12.1. The minimum absolute atomic E-state index is 0.0568. The number of alkyl halides is 1. The van der Waals surface area contributed by atoms with E-state index < -0.39 is 0 Å². The molecule has 0 heterocycles. The number of Topliss-reactive ketones (excluding diaryl/α,β-unsaturated/α-hetero) is 1. The highest BCUT2D eigenvalue weighted by atomic mass is 79.9. The van der Waals surface area contributed by atoms with Crippen molar-refractivity contribution in [3.63, 3.8) is 0 Å². The lowest BCUT2D eigenvalue weighted by Gasteiger charge is -2.54. The maximum atomic E-state index is 12.1. The molecule has 0 aromatic rings. The number of fused-ring (bicyclic) bond motifs is 1. The van der Waals surface area contributed by atoms with Crippen LogP contribution in [0.5, 0.6) is 0 Å². The highest BCUT2D eigenvalue weighted by Gasteiger charge is 2.54. The quantitative estimate of drug-likeness (QED) is 0.696. The Morgan fingerprint density at radius 1 is 1.44 bits per heavy atom. The zero-order chi connectivity index (χ0) is 12.1. The molecule has 2 saturated carbocycles. The Morgan fingerprint density at radius 3 is 2.69 bits per heavy atom. The molecule has 0 aliphatic heterocycles. The van der Waals surface area contributed by atoms with Crippen molar-refractivity contribution in [2.75, 3.05) is 0 Å². The van der Waals surface area contributed by atoms with Crippen LogP contribution in [0.2, 0.25) is 0 Å². The van der Waals surface area contributed by atoms with Gasteiger partial charge in [0.1, 0.15) is 5.78 Å². The molecular weight excluding hydrogens is 268 g/mol. The third kappa shape index (κ3) is 1.67. The topological polar surface area (TPSA) is 37.3 Å². The van der Waals surface area contributed by atoms with Crippen LogP contribution in [0.25, 0.3) is 0 Å². The van der Waals surface area contributed by atoms with Crippen LogP contribution < -0.4 is 0 Å². The summed E-state index contributed by atoms with van der Waals surface area (Å²) in [6.45, 7) is 6.55. The fraction of sp³-hybridized carbons (Fsp3) is 0.923. The second-order valence-corrected chi connectivity index (χ2v) is 6.91. The van der Waals surface area contributed by atoms with E-state index in [0.29, 0.717) is 17.6 Å². The monoisotopic (exact) mass is 288 g/mol. The van der Waals surface area contributed by atoms with Crippen LogP contribution in [0.3, 0.4) is 0 Å². The van der Waals surface area contributed by atoms with Gasteiger partial charge in [0.25, 0.3) is 0 Å². The van der Waals surface area contributed by atoms with E-state index in [2.05, 4.69) is 29.8 Å². The molecule has 0 spiro atoms. The van der Waals surface area contributed by atoms with Gasteiger partial charge in [-0.25, -0.2) is 0 Å². The second kappa shape index (κ2) is 4.09. The van der Waals surface area contributed by atoms with E-state index >= 15 is 0 Å². The summed E-state index contributed by atoms with van der Waals surface area (Å²) >= 11 is 3.57. The number of carbonyl (C=O) groups excluding carboxylic acids is 1. The SMILES string of the molecule is CC1C(=O)C(Br)C2CC(O)CCC2(C)C1C. The van der Waals surface area contributed by atoms with Crippen molar-refractivity contribution in [1.29, 1.82) is 0 Å². The fourth-order valence-electron chi connectivity index (χ4n) is 3.63. The highest BCUT2D eigenvalue weighted by molar-refractivity contribution is 9.10. The summed E-state index contributed by atoms with van der Waals surface area (Å²) < 4.78 is 0. The number of carbonyl (C=O) groups is 1. The van der Waals surface area contributed by atoms with Gasteiger partial charge in [-0.1, -0.05) is 36.7 Å². The molecule has 2 fully saturated rings. The molecule has 0 radical (unpaired) electrons. The van der Waals surface area contributed by atoms with Crippen LogP contribution in [-0.4, -0.2) is 21.8 Å². The van der Waals surface area contributed by atoms with Gasteiger partial charge in [-0.2, -0.15) is 0 Å². The molecule has 2 aliphatic rings. The average molecular weight is 289 g/mol. The number of hydrogen-bond acceptors (Lipinski definition) is 2. The van der Waals surface area contributed by atoms with Gasteiger partial charge < -0.3 is 5.11 Å². The smallest absolute Gasteiger partial charge is 0.149 e. The molecule has 0 saturated heterocycles. The second-order valence-electron chi connectivity index (χ2n) is 5.92. The van der Waals surface area contributed by atoms with Gasteiger partial charge >= 0.3 is 0 Å².